The van der Waals surface area contributed by atoms with E-state index in [9.17, 15) is 4.79 Å². The van der Waals surface area contributed by atoms with E-state index in [0.717, 1.165) is 19.3 Å². The molecule has 3 N–H and O–H groups in total. The number of aryl methyl sites for hydroxylation is 1. The minimum absolute atomic E-state index is 0.125. The fourth-order valence-electron chi connectivity index (χ4n) is 1.41. The summed E-state index contributed by atoms with van der Waals surface area (Å²) in [5.41, 5.74) is 5.37. The Morgan fingerprint density at radius 3 is 2.75 bits per heavy atom. The van der Waals surface area contributed by atoms with E-state index in [-0.39, 0.29) is 5.91 Å². The Balaban J connectivity index is 2.20. The molecule has 0 fully saturated rings. The highest BCUT2D eigenvalue weighted by molar-refractivity contribution is 7.11. The third kappa shape index (κ3) is 4.77. The van der Waals surface area contributed by atoms with Crippen LogP contribution in [0.25, 0.3) is 0 Å². The molecule has 0 spiro atoms. The molecule has 0 bridgehead atoms. The van der Waals surface area contributed by atoms with E-state index in [1.807, 2.05) is 0 Å². The second-order valence-corrected chi connectivity index (χ2v) is 5.00. The molecule has 0 aromatic carbocycles. The quantitative estimate of drug-likeness (QED) is 0.717. The van der Waals surface area contributed by atoms with E-state index in [4.69, 9.17) is 5.73 Å². The highest BCUT2D eigenvalue weighted by Crippen LogP contribution is 2.16. The van der Waals surface area contributed by atoms with Gasteiger partial charge in [0.15, 0.2) is 0 Å². The van der Waals surface area contributed by atoms with Gasteiger partial charge in [-0.1, -0.05) is 6.92 Å². The van der Waals surface area contributed by atoms with Crippen molar-refractivity contribution in [2.45, 2.75) is 39.2 Å². The van der Waals surface area contributed by atoms with Crippen molar-refractivity contribution in [3.05, 3.63) is 21.9 Å². The third-order valence-corrected chi connectivity index (χ3v) is 3.61. The molecule has 0 saturated heterocycles. The average molecular weight is 240 g/mol. The zero-order chi connectivity index (χ0) is 11.8. The first-order valence-corrected chi connectivity index (χ1v) is 6.62. The Hall–Kier alpha value is -0.870. The van der Waals surface area contributed by atoms with Gasteiger partial charge in [-0.2, -0.15) is 0 Å². The van der Waals surface area contributed by atoms with Gasteiger partial charge in [0.25, 0.3) is 0 Å². The van der Waals surface area contributed by atoms with Crippen molar-refractivity contribution in [1.29, 1.82) is 0 Å². The summed E-state index contributed by atoms with van der Waals surface area (Å²) in [4.78, 5) is 14.0. The van der Waals surface area contributed by atoms with Crippen LogP contribution in [0.1, 0.15) is 35.9 Å². The van der Waals surface area contributed by atoms with Crippen molar-refractivity contribution in [1.82, 2.24) is 5.32 Å². The maximum Gasteiger partial charge on any atom is 0.220 e. The van der Waals surface area contributed by atoms with Crippen LogP contribution in [0.3, 0.4) is 0 Å². The molecule has 1 amide bonds. The van der Waals surface area contributed by atoms with Crippen molar-refractivity contribution in [2.75, 3.05) is 6.54 Å². The summed E-state index contributed by atoms with van der Waals surface area (Å²) in [6.45, 7) is 3.46. The van der Waals surface area contributed by atoms with Crippen LogP contribution < -0.4 is 11.1 Å². The number of hydrogen-bond donors (Lipinski definition) is 2. The summed E-state index contributed by atoms with van der Waals surface area (Å²) in [5, 5.41) is 2.93. The SMILES string of the molecule is CCc1ccc(CNC(=O)CCCCN)s1. The van der Waals surface area contributed by atoms with Crippen molar-refractivity contribution in [3.63, 3.8) is 0 Å². The maximum absolute atomic E-state index is 11.4. The summed E-state index contributed by atoms with van der Waals surface area (Å²) < 4.78 is 0. The number of nitrogens with two attached hydrogens (primary N) is 1. The van der Waals surface area contributed by atoms with Crippen LogP contribution in [0.2, 0.25) is 0 Å². The van der Waals surface area contributed by atoms with Gasteiger partial charge in [0.2, 0.25) is 5.91 Å². The Labute approximate surface area is 101 Å². The van der Waals surface area contributed by atoms with Crippen molar-refractivity contribution in [2.24, 2.45) is 5.73 Å². The van der Waals surface area contributed by atoms with Gasteiger partial charge in [0, 0.05) is 16.2 Å². The van der Waals surface area contributed by atoms with Crippen molar-refractivity contribution in [3.8, 4) is 0 Å². The molecule has 1 aromatic rings. The first-order valence-electron chi connectivity index (χ1n) is 5.80. The predicted octanol–water partition coefficient (Wildman–Crippen LogP) is 2.06. The summed E-state index contributed by atoms with van der Waals surface area (Å²) in [7, 11) is 0. The van der Waals surface area contributed by atoms with Crippen LogP contribution in [0.5, 0.6) is 0 Å². The molecule has 0 radical (unpaired) electrons. The molecule has 0 aliphatic rings. The molecule has 4 heteroatoms. The van der Waals surface area contributed by atoms with Gasteiger partial charge in [0.05, 0.1) is 6.54 Å². The normalized spacial score (nSPS) is 10.4. The van der Waals surface area contributed by atoms with Crippen molar-refractivity contribution < 1.29 is 4.79 Å². The van der Waals surface area contributed by atoms with Crippen LogP contribution in [0, 0.1) is 0 Å². The van der Waals surface area contributed by atoms with Crippen molar-refractivity contribution >= 4 is 17.2 Å². The van der Waals surface area contributed by atoms with Crippen LogP contribution in [-0.4, -0.2) is 12.5 Å². The third-order valence-electron chi connectivity index (χ3n) is 2.38. The number of carbonyl (C=O) groups is 1. The molecular formula is C12H20N2OS. The highest BCUT2D eigenvalue weighted by Gasteiger charge is 2.02. The van der Waals surface area contributed by atoms with Gasteiger partial charge in [0.1, 0.15) is 0 Å². The Bertz CT molecular complexity index is 323. The molecule has 1 rings (SSSR count). The first-order chi connectivity index (χ1) is 7.76. The topological polar surface area (TPSA) is 55.1 Å². The fraction of sp³-hybridized carbons (Fsp3) is 0.583. The van der Waals surface area contributed by atoms with Crippen LogP contribution in [0.4, 0.5) is 0 Å². The smallest absolute Gasteiger partial charge is 0.220 e. The lowest BCUT2D eigenvalue weighted by Crippen LogP contribution is -2.22. The number of amides is 1. The Morgan fingerprint density at radius 2 is 2.12 bits per heavy atom. The van der Waals surface area contributed by atoms with Gasteiger partial charge in [-0.3, -0.25) is 4.79 Å². The molecule has 0 atom stereocenters. The van der Waals surface area contributed by atoms with E-state index in [1.54, 1.807) is 11.3 Å². The zero-order valence-corrected chi connectivity index (χ0v) is 10.6. The summed E-state index contributed by atoms with van der Waals surface area (Å²) in [6, 6.07) is 4.21. The van der Waals surface area contributed by atoms with Crippen LogP contribution in [0.15, 0.2) is 12.1 Å². The Morgan fingerprint density at radius 1 is 1.38 bits per heavy atom. The lowest BCUT2D eigenvalue weighted by molar-refractivity contribution is -0.121. The number of carbonyl (C=O) groups excluding carboxylic acids is 1. The second-order valence-electron chi connectivity index (χ2n) is 3.74. The molecule has 1 heterocycles. The lowest BCUT2D eigenvalue weighted by Gasteiger charge is -2.02. The largest absolute Gasteiger partial charge is 0.351 e. The molecule has 0 aliphatic carbocycles. The molecular weight excluding hydrogens is 220 g/mol. The van der Waals surface area contributed by atoms with E-state index in [1.165, 1.54) is 9.75 Å². The minimum Gasteiger partial charge on any atom is -0.351 e. The van der Waals surface area contributed by atoms with Crippen LogP contribution >= 0.6 is 11.3 Å². The van der Waals surface area contributed by atoms with Crippen LogP contribution in [-0.2, 0) is 17.8 Å². The van der Waals surface area contributed by atoms with E-state index in [2.05, 4.69) is 24.4 Å². The highest BCUT2D eigenvalue weighted by atomic mass is 32.1. The number of nitrogens with one attached hydrogen (secondary N) is 1. The van der Waals surface area contributed by atoms with Gasteiger partial charge in [-0.15, -0.1) is 11.3 Å². The summed E-state index contributed by atoms with van der Waals surface area (Å²) in [6.07, 6.45) is 3.46. The minimum atomic E-state index is 0.125. The number of hydrogen-bond acceptors (Lipinski definition) is 3. The number of thiophene rings is 1. The van der Waals surface area contributed by atoms with Gasteiger partial charge in [-0.25, -0.2) is 0 Å². The van der Waals surface area contributed by atoms with Gasteiger partial charge < -0.3 is 11.1 Å². The number of rotatable bonds is 7. The fourth-order valence-corrected chi connectivity index (χ4v) is 2.31. The maximum atomic E-state index is 11.4. The molecule has 0 saturated carbocycles. The second kappa shape index (κ2) is 7.41. The molecule has 90 valence electrons. The molecule has 16 heavy (non-hydrogen) atoms. The summed E-state index contributed by atoms with van der Waals surface area (Å²) in [5.74, 6) is 0.125. The summed E-state index contributed by atoms with van der Waals surface area (Å²) >= 11 is 1.77. The zero-order valence-electron chi connectivity index (χ0n) is 9.79. The van der Waals surface area contributed by atoms with E-state index >= 15 is 0 Å². The van der Waals surface area contributed by atoms with E-state index < -0.39 is 0 Å². The molecule has 1 aromatic heterocycles. The molecule has 0 aliphatic heterocycles. The van der Waals surface area contributed by atoms with E-state index in [0.29, 0.717) is 19.5 Å². The predicted molar refractivity (Wildman–Crippen MR) is 68.4 cm³/mol. The molecule has 0 unspecified atom stereocenters. The lowest BCUT2D eigenvalue weighted by atomic mass is 10.2. The first kappa shape index (κ1) is 13.2. The van der Waals surface area contributed by atoms with Gasteiger partial charge in [-0.05, 0) is 37.9 Å². The average Bonchev–Trinajstić information content (AvgIpc) is 2.74. The standard InChI is InChI=1S/C12H20N2OS/c1-2-10-6-7-11(16-10)9-14-12(15)5-3-4-8-13/h6-7H,2-5,8-9,13H2,1H3,(H,14,15). The Kier molecular flexibility index (Phi) is 6.11. The number of unbranched alkanes of at least 4 members (excludes halogenated alkanes) is 1. The van der Waals surface area contributed by atoms with Gasteiger partial charge >= 0.3 is 0 Å². The monoisotopic (exact) mass is 240 g/mol. The molecule has 3 nitrogen and oxygen atoms in total.